The predicted molar refractivity (Wildman–Crippen MR) is 98.0 cm³/mol. The number of nitrogens with one attached hydrogen (secondary N) is 1. The number of thiophene rings is 2. The standard InChI is InChI=1S/C17H14N2O5S2/c1-9(24-17(21)11-7-22-4-5-23-11)14-18-15(20)13-10(8-26-16(13)19-14)12-3-2-6-25-12/h2-3,6-9H,4-5H2,1H3,(H,18,19,20)/t9-/m1/s1. The molecule has 4 heterocycles. The maximum atomic E-state index is 12.6. The highest BCUT2D eigenvalue weighted by Crippen LogP contribution is 2.33. The quantitative estimate of drug-likeness (QED) is 0.688. The van der Waals surface area contributed by atoms with Gasteiger partial charge in [0.05, 0.1) is 5.39 Å². The topological polar surface area (TPSA) is 90.5 Å². The van der Waals surface area contributed by atoms with E-state index in [2.05, 4.69) is 9.97 Å². The molecule has 26 heavy (non-hydrogen) atoms. The van der Waals surface area contributed by atoms with Crippen LogP contribution in [0.3, 0.4) is 0 Å². The Balaban J connectivity index is 1.62. The minimum absolute atomic E-state index is 0.00244. The van der Waals surface area contributed by atoms with Crippen molar-refractivity contribution in [3.63, 3.8) is 0 Å². The van der Waals surface area contributed by atoms with E-state index >= 15 is 0 Å². The second kappa shape index (κ2) is 6.93. The zero-order valence-corrected chi connectivity index (χ0v) is 15.3. The van der Waals surface area contributed by atoms with Gasteiger partial charge in [0.1, 0.15) is 24.3 Å². The molecule has 4 rings (SSSR count). The summed E-state index contributed by atoms with van der Waals surface area (Å²) in [6.45, 7) is 2.32. The molecule has 0 aliphatic carbocycles. The van der Waals surface area contributed by atoms with Crippen LogP contribution in [-0.4, -0.2) is 29.2 Å². The van der Waals surface area contributed by atoms with Crippen molar-refractivity contribution in [1.82, 2.24) is 9.97 Å². The van der Waals surface area contributed by atoms with Gasteiger partial charge in [-0.1, -0.05) is 6.07 Å². The molecule has 0 amide bonds. The number of nitrogens with zero attached hydrogens (tertiary/aromatic N) is 1. The van der Waals surface area contributed by atoms with E-state index in [1.807, 2.05) is 22.9 Å². The normalized spacial score (nSPS) is 15.0. The summed E-state index contributed by atoms with van der Waals surface area (Å²) in [6, 6.07) is 3.90. The number of aromatic amines is 1. The van der Waals surface area contributed by atoms with Gasteiger partial charge in [0, 0.05) is 15.8 Å². The molecule has 0 unspecified atom stereocenters. The van der Waals surface area contributed by atoms with Gasteiger partial charge in [0.2, 0.25) is 5.76 Å². The zero-order valence-electron chi connectivity index (χ0n) is 13.7. The summed E-state index contributed by atoms with van der Waals surface area (Å²) in [5, 5.41) is 4.42. The van der Waals surface area contributed by atoms with Gasteiger partial charge >= 0.3 is 5.97 Å². The maximum absolute atomic E-state index is 12.6. The van der Waals surface area contributed by atoms with Crippen molar-refractivity contribution in [2.24, 2.45) is 0 Å². The molecule has 0 radical (unpaired) electrons. The molecule has 7 nitrogen and oxygen atoms in total. The SMILES string of the molecule is C[C@@H](OC(=O)C1=COCCO1)c1nc2scc(-c3cccs3)c2c(=O)[nH]1. The van der Waals surface area contributed by atoms with Crippen molar-refractivity contribution >= 4 is 38.9 Å². The number of aromatic nitrogens is 2. The molecular formula is C17H14N2O5S2. The van der Waals surface area contributed by atoms with E-state index in [0.29, 0.717) is 16.8 Å². The van der Waals surface area contributed by atoms with Crippen LogP contribution in [0.5, 0.6) is 0 Å². The van der Waals surface area contributed by atoms with Crippen LogP contribution in [0, 0.1) is 0 Å². The van der Waals surface area contributed by atoms with Gasteiger partial charge in [0.25, 0.3) is 5.56 Å². The van der Waals surface area contributed by atoms with Gasteiger partial charge in [-0.05, 0) is 18.4 Å². The highest BCUT2D eigenvalue weighted by Gasteiger charge is 2.22. The van der Waals surface area contributed by atoms with Crippen molar-refractivity contribution < 1.29 is 19.0 Å². The molecule has 0 saturated heterocycles. The summed E-state index contributed by atoms with van der Waals surface area (Å²) in [4.78, 5) is 33.5. The monoisotopic (exact) mass is 390 g/mol. The molecule has 3 aromatic heterocycles. The Morgan fingerprint density at radius 3 is 3.00 bits per heavy atom. The fourth-order valence-corrected chi connectivity index (χ4v) is 4.29. The van der Waals surface area contributed by atoms with Crippen LogP contribution in [0.25, 0.3) is 20.7 Å². The zero-order chi connectivity index (χ0) is 18.1. The molecule has 0 aromatic carbocycles. The summed E-state index contributed by atoms with van der Waals surface area (Å²) in [5.41, 5.74) is 0.608. The molecule has 134 valence electrons. The summed E-state index contributed by atoms with van der Waals surface area (Å²) >= 11 is 2.95. The lowest BCUT2D eigenvalue weighted by Crippen LogP contribution is -2.21. The highest BCUT2D eigenvalue weighted by atomic mass is 32.1. The second-order valence-electron chi connectivity index (χ2n) is 5.51. The van der Waals surface area contributed by atoms with Crippen molar-refractivity contribution in [1.29, 1.82) is 0 Å². The van der Waals surface area contributed by atoms with Gasteiger partial charge in [-0.3, -0.25) is 4.79 Å². The fourth-order valence-electron chi connectivity index (χ4n) is 2.52. The summed E-state index contributed by atoms with van der Waals surface area (Å²) in [7, 11) is 0. The third kappa shape index (κ3) is 3.11. The lowest BCUT2D eigenvalue weighted by atomic mass is 10.2. The molecule has 0 saturated carbocycles. The van der Waals surface area contributed by atoms with Gasteiger partial charge in [0.15, 0.2) is 11.9 Å². The number of hydrogen-bond donors (Lipinski definition) is 1. The Kier molecular flexibility index (Phi) is 4.48. The number of carbonyl (C=O) groups is 1. The molecule has 0 spiro atoms. The lowest BCUT2D eigenvalue weighted by Gasteiger charge is -2.17. The lowest BCUT2D eigenvalue weighted by molar-refractivity contribution is -0.149. The van der Waals surface area contributed by atoms with Crippen LogP contribution in [0.1, 0.15) is 18.9 Å². The van der Waals surface area contributed by atoms with E-state index in [-0.39, 0.29) is 23.7 Å². The van der Waals surface area contributed by atoms with Crippen LogP contribution < -0.4 is 5.56 Å². The Morgan fingerprint density at radius 2 is 2.27 bits per heavy atom. The number of esters is 1. The van der Waals surface area contributed by atoms with Crippen LogP contribution in [0.15, 0.2) is 39.7 Å². The van der Waals surface area contributed by atoms with Crippen molar-refractivity contribution in [2.45, 2.75) is 13.0 Å². The van der Waals surface area contributed by atoms with Gasteiger partial charge < -0.3 is 19.2 Å². The molecule has 3 aromatic rings. The van der Waals surface area contributed by atoms with Crippen LogP contribution >= 0.6 is 22.7 Å². The van der Waals surface area contributed by atoms with Crippen molar-refractivity contribution in [2.75, 3.05) is 13.2 Å². The summed E-state index contributed by atoms with van der Waals surface area (Å²) in [5.74, 6) is -0.374. The first-order chi connectivity index (χ1) is 12.6. The van der Waals surface area contributed by atoms with Gasteiger partial charge in [-0.15, -0.1) is 22.7 Å². The minimum Gasteiger partial charge on any atom is -0.493 e. The molecule has 0 bridgehead atoms. The molecule has 1 aliphatic rings. The molecular weight excluding hydrogens is 376 g/mol. The second-order valence-corrected chi connectivity index (χ2v) is 7.31. The Labute approximate surface area is 155 Å². The maximum Gasteiger partial charge on any atom is 0.377 e. The first kappa shape index (κ1) is 16.8. The number of ether oxygens (including phenoxy) is 3. The molecule has 1 aliphatic heterocycles. The van der Waals surface area contributed by atoms with E-state index < -0.39 is 12.1 Å². The average molecular weight is 390 g/mol. The van der Waals surface area contributed by atoms with Crippen LogP contribution in [0.4, 0.5) is 0 Å². The molecule has 1 atom stereocenters. The number of fused-ring (bicyclic) bond motifs is 1. The fraction of sp³-hybridized carbons (Fsp3) is 0.235. The molecule has 1 N–H and O–H groups in total. The third-order valence-corrected chi connectivity index (χ3v) is 5.54. The minimum atomic E-state index is -0.738. The van der Waals surface area contributed by atoms with Crippen LogP contribution in [0.2, 0.25) is 0 Å². The van der Waals surface area contributed by atoms with E-state index in [1.165, 1.54) is 17.6 Å². The first-order valence-corrected chi connectivity index (χ1v) is 9.60. The largest absolute Gasteiger partial charge is 0.493 e. The molecule has 0 fully saturated rings. The van der Waals surface area contributed by atoms with E-state index in [1.54, 1.807) is 18.3 Å². The highest BCUT2D eigenvalue weighted by molar-refractivity contribution is 7.18. The smallest absolute Gasteiger partial charge is 0.377 e. The molecule has 9 heteroatoms. The van der Waals surface area contributed by atoms with Gasteiger partial charge in [-0.25, -0.2) is 9.78 Å². The van der Waals surface area contributed by atoms with Gasteiger partial charge in [-0.2, -0.15) is 0 Å². The van der Waals surface area contributed by atoms with E-state index in [4.69, 9.17) is 14.2 Å². The van der Waals surface area contributed by atoms with E-state index in [9.17, 15) is 9.59 Å². The third-order valence-electron chi connectivity index (χ3n) is 3.77. The predicted octanol–water partition coefficient (Wildman–Crippen LogP) is 3.21. The number of hydrogen-bond acceptors (Lipinski definition) is 8. The summed E-state index contributed by atoms with van der Waals surface area (Å²) < 4.78 is 15.6. The van der Waals surface area contributed by atoms with Crippen LogP contribution in [-0.2, 0) is 19.0 Å². The Bertz CT molecular complexity index is 1040. The first-order valence-electron chi connectivity index (χ1n) is 7.84. The number of carbonyl (C=O) groups excluding carboxylic acids is 1. The Hall–Kier alpha value is -2.65. The Morgan fingerprint density at radius 1 is 1.38 bits per heavy atom. The summed E-state index contributed by atoms with van der Waals surface area (Å²) in [6.07, 6.45) is 0.489. The number of rotatable bonds is 4. The van der Waals surface area contributed by atoms with Crippen molar-refractivity contribution in [3.05, 3.63) is 51.1 Å². The number of H-pyrrole nitrogens is 1. The van der Waals surface area contributed by atoms with E-state index in [0.717, 1.165) is 10.4 Å². The van der Waals surface area contributed by atoms with Crippen molar-refractivity contribution in [3.8, 4) is 10.4 Å². The average Bonchev–Trinajstić information content (AvgIpc) is 3.31.